The van der Waals surface area contributed by atoms with E-state index in [0.717, 1.165) is 16.5 Å². The second kappa shape index (κ2) is 9.23. The molecule has 0 spiro atoms. The summed E-state index contributed by atoms with van der Waals surface area (Å²) in [4.78, 5) is 29.1. The van der Waals surface area contributed by atoms with E-state index < -0.39 is 5.92 Å². The Morgan fingerprint density at radius 1 is 1.19 bits per heavy atom. The van der Waals surface area contributed by atoms with E-state index in [0.29, 0.717) is 47.7 Å². The van der Waals surface area contributed by atoms with Gasteiger partial charge in [0.05, 0.1) is 29.2 Å². The van der Waals surface area contributed by atoms with Crippen LogP contribution in [0.3, 0.4) is 0 Å². The maximum absolute atomic E-state index is 13.4. The summed E-state index contributed by atoms with van der Waals surface area (Å²) in [6, 6.07) is 7.33. The van der Waals surface area contributed by atoms with Crippen LogP contribution in [0, 0.1) is 5.92 Å². The summed E-state index contributed by atoms with van der Waals surface area (Å²) < 4.78 is 28.4. The molecule has 5 aromatic heterocycles. The molecular weight excluding hydrogens is 478 g/mol. The number of rotatable bonds is 6. The fourth-order valence-electron chi connectivity index (χ4n) is 4.73. The molecule has 0 unspecified atom stereocenters. The van der Waals surface area contributed by atoms with Crippen LogP contribution in [0.4, 0.5) is 20.4 Å². The Kier molecular flexibility index (Phi) is 5.74. The number of aromatic nitrogens is 6. The number of hydrogen-bond acceptors (Lipinski definition) is 6. The molecular formula is C26H24F2N8O. The van der Waals surface area contributed by atoms with Crippen molar-refractivity contribution in [3.63, 3.8) is 0 Å². The van der Waals surface area contributed by atoms with E-state index >= 15 is 0 Å². The predicted octanol–water partition coefficient (Wildman–Crippen LogP) is 5.16. The average molecular weight is 503 g/mol. The van der Waals surface area contributed by atoms with Crippen LogP contribution < -0.4 is 10.6 Å². The lowest BCUT2D eigenvalue weighted by Crippen LogP contribution is -2.28. The highest BCUT2D eigenvalue weighted by molar-refractivity contribution is 6.09. The lowest BCUT2D eigenvalue weighted by atomic mass is 9.87. The molecule has 0 saturated heterocycles. The third-order valence-electron chi connectivity index (χ3n) is 6.81. The van der Waals surface area contributed by atoms with Crippen LogP contribution in [0.25, 0.3) is 27.7 Å². The maximum atomic E-state index is 13.4. The minimum Gasteiger partial charge on any atom is -0.354 e. The Bertz CT molecular complexity index is 1570. The van der Waals surface area contributed by atoms with Crippen molar-refractivity contribution >= 4 is 34.1 Å². The summed E-state index contributed by atoms with van der Waals surface area (Å²) in [7, 11) is 0. The van der Waals surface area contributed by atoms with Crippen LogP contribution in [-0.2, 0) is 0 Å². The number of nitrogens with one attached hydrogen (secondary N) is 3. The molecule has 5 aromatic rings. The molecule has 5 heterocycles. The first-order valence-corrected chi connectivity index (χ1v) is 12.1. The first-order chi connectivity index (χ1) is 17.9. The van der Waals surface area contributed by atoms with Gasteiger partial charge in [0, 0.05) is 55.1 Å². The molecule has 3 N–H and O–H groups in total. The molecule has 6 rings (SSSR count). The fraction of sp³-hybridized carbons (Fsp3) is 0.269. The maximum Gasteiger partial charge on any atom is 0.259 e. The van der Waals surface area contributed by atoms with Crippen LogP contribution in [-0.4, -0.2) is 47.9 Å². The highest BCUT2D eigenvalue weighted by Gasteiger charge is 2.34. The van der Waals surface area contributed by atoms with Crippen LogP contribution in [0.2, 0.25) is 0 Å². The Labute approximate surface area is 210 Å². The van der Waals surface area contributed by atoms with E-state index in [1.807, 2.05) is 18.3 Å². The van der Waals surface area contributed by atoms with E-state index in [1.54, 1.807) is 41.4 Å². The second-order valence-corrected chi connectivity index (χ2v) is 9.34. The molecule has 1 aliphatic carbocycles. The molecule has 1 amide bonds. The van der Waals surface area contributed by atoms with Gasteiger partial charge in [-0.25, -0.2) is 18.3 Å². The van der Waals surface area contributed by atoms with Crippen LogP contribution in [0.15, 0.2) is 61.4 Å². The smallest absolute Gasteiger partial charge is 0.259 e. The van der Waals surface area contributed by atoms with E-state index in [2.05, 4.69) is 35.7 Å². The lowest BCUT2D eigenvalue weighted by Gasteiger charge is -2.28. The van der Waals surface area contributed by atoms with Crippen molar-refractivity contribution in [2.45, 2.75) is 31.6 Å². The van der Waals surface area contributed by atoms with Gasteiger partial charge in [-0.05, 0) is 48.6 Å². The standard InChI is InChI=1S/C26H24F2N8O/c27-26(28)6-3-16(4-7-26)11-31-25-32-14-20-19(13-30-23(20)35-25)17-5-9-36-22(10-17)21(15-33-36)24(37)34-18-2-1-8-29-12-18/h1-2,5,8-10,12-16H,3-4,6-7,11H2,(H,34,37)(H2,30,31,32,35). The number of hydrogen-bond donors (Lipinski definition) is 3. The van der Waals surface area contributed by atoms with E-state index in [1.165, 1.54) is 6.20 Å². The van der Waals surface area contributed by atoms with Gasteiger partial charge in [0.1, 0.15) is 5.65 Å². The summed E-state index contributed by atoms with van der Waals surface area (Å²) in [5, 5.41) is 11.2. The van der Waals surface area contributed by atoms with E-state index in [9.17, 15) is 13.6 Å². The lowest BCUT2D eigenvalue weighted by molar-refractivity contribution is -0.0443. The Morgan fingerprint density at radius 2 is 2.05 bits per heavy atom. The number of aromatic amines is 1. The van der Waals surface area contributed by atoms with Gasteiger partial charge in [0.25, 0.3) is 5.91 Å². The molecule has 0 aromatic carbocycles. The molecule has 0 radical (unpaired) electrons. The number of anilines is 2. The minimum absolute atomic E-state index is 0.0619. The summed E-state index contributed by atoms with van der Waals surface area (Å²) in [5.74, 6) is -2.17. The quantitative estimate of drug-likeness (QED) is 0.296. The average Bonchev–Trinajstić information content (AvgIpc) is 3.52. The van der Waals surface area contributed by atoms with Crippen molar-refractivity contribution in [1.82, 2.24) is 29.5 Å². The van der Waals surface area contributed by atoms with Crippen molar-refractivity contribution < 1.29 is 13.6 Å². The third-order valence-corrected chi connectivity index (χ3v) is 6.81. The molecule has 188 valence electrons. The van der Waals surface area contributed by atoms with Gasteiger partial charge in [-0.3, -0.25) is 9.78 Å². The summed E-state index contributed by atoms with van der Waals surface area (Å²) in [6.45, 7) is 0.566. The summed E-state index contributed by atoms with van der Waals surface area (Å²) in [6.07, 6.45) is 11.0. The predicted molar refractivity (Wildman–Crippen MR) is 136 cm³/mol. The number of fused-ring (bicyclic) bond motifs is 2. The molecule has 0 atom stereocenters. The van der Waals surface area contributed by atoms with Crippen LogP contribution >= 0.6 is 0 Å². The first-order valence-electron chi connectivity index (χ1n) is 12.1. The van der Waals surface area contributed by atoms with Gasteiger partial charge in [-0.1, -0.05) is 0 Å². The Morgan fingerprint density at radius 3 is 2.86 bits per heavy atom. The largest absolute Gasteiger partial charge is 0.354 e. The topological polar surface area (TPSA) is 113 Å². The zero-order valence-corrected chi connectivity index (χ0v) is 19.8. The number of pyridine rings is 2. The van der Waals surface area contributed by atoms with Crippen molar-refractivity contribution in [2.75, 3.05) is 17.2 Å². The van der Waals surface area contributed by atoms with Crippen LogP contribution in [0.1, 0.15) is 36.0 Å². The van der Waals surface area contributed by atoms with Crippen molar-refractivity contribution in [1.29, 1.82) is 0 Å². The highest BCUT2D eigenvalue weighted by Crippen LogP contribution is 2.36. The SMILES string of the molecule is O=C(Nc1cccnc1)c1cnn2ccc(-c3c[nH]c4nc(NCC5CCC(F)(F)CC5)ncc34)cc12. The number of H-pyrrole nitrogens is 1. The van der Waals surface area contributed by atoms with E-state index in [4.69, 9.17) is 0 Å². The van der Waals surface area contributed by atoms with Crippen LogP contribution in [0.5, 0.6) is 0 Å². The number of carbonyl (C=O) groups excluding carboxylic acids is 1. The zero-order chi connectivity index (χ0) is 25.4. The van der Waals surface area contributed by atoms with Crippen molar-refractivity contribution in [2.24, 2.45) is 5.92 Å². The molecule has 0 bridgehead atoms. The van der Waals surface area contributed by atoms with E-state index in [-0.39, 0.29) is 24.7 Å². The number of halogens is 2. The third kappa shape index (κ3) is 4.72. The van der Waals surface area contributed by atoms with Gasteiger partial charge >= 0.3 is 0 Å². The minimum atomic E-state index is -2.53. The Hall–Kier alpha value is -4.41. The van der Waals surface area contributed by atoms with Gasteiger partial charge in [0.15, 0.2) is 0 Å². The second-order valence-electron chi connectivity index (χ2n) is 9.34. The number of carbonyl (C=O) groups is 1. The summed E-state index contributed by atoms with van der Waals surface area (Å²) >= 11 is 0. The van der Waals surface area contributed by atoms with Gasteiger partial charge in [0.2, 0.25) is 11.9 Å². The monoisotopic (exact) mass is 502 g/mol. The van der Waals surface area contributed by atoms with Crippen molar-refractivity contribution in [3.05, 3.63) is 67.0 Å². The number of alkyl halides is 2. The van der Waals surface area contributed by atoms with Gasteiger partial charge < -0.3 is 15.6 Å². The molecule has 1 fully saturated rings. The summed E-state index contributed by atoms with van der Waals surface area (Å²) in [5.41, 5.74) is 4.12. The molecule has 1 saturated carbocycles. The Balaban J connectivity index is 1.21. The fourth-order valence-corrected chi connectivity index (χ4v) is 4.73. The molecule has 11 heteroatoms. The van der Waals surface area contributed by atoms with Gasteiger partial charge in [-0.2, -0.15) is 10.1 Å². The number of amides is 1. The zero-order valence-electron chi connectivity index (χ0n) is 19.8. The molecule has 1 aliphatic rings. The van der Waals surface area contributed by atoms with Gasteiger partial charge in [-0.15, -0.1) is 0 Å². The first kappa shape index (κ1) is 23.0. The van der Waals surface area contributed by atoms with Crippen molar-refractivity contribution in [3.8, 4) is 11.1 Å². The normalized spacial score (nSPS) is 15.7. The molecule has 37 heavy (non-hydrogen) atoms. The molecule has 9 nitrogen and oxygen atoms in total. The highest BCUT2D eigenvalue weighted by atomic mass is 19.3. The number of nitrogens with zero attached hydrogens (tertiary/aromatic N) is 5. The molecule has 0 aliphatic heterocycles.